The van der Waals surface area contributed by atoms with Crippen LogP contribution in [0.3, 0.4) is 0 Å². The smallest absolute Gasteiger partial charge is 0.303 e. The molecule has 2 nitrogen and oxygen atoms in total. The minimum atomic E-state index is -0.735. The molecule has 1 N–H and O–H groups in total. The normalized spacial score (nSPS) is 12.1. The molecule has 0 aliphatic rings. The van der Waals surface area contributed by atoms with Gasteiger partial charge in [0, 0.05) is 6.42 Å². The number of carboxylic acid groups (broad SMARTS) is 1. The summed E-state index contributed by atoms with van der Waals surface area (Å²) in [5.74, 6) is -0.735. The van der Waals surface area contributed by atoms with Gasteiger partial charge in [-0.1, -0.05) is 49.3 Å². The highest BCUT2D eigenvalue weighted by atomic mass is 16.4. The van der Waals surface area contributed by atoms with Crippen LogP contribution in [0, 0.1) is 0 Å². The third-order valence-electron chi connectivity index (χ3n) is 2.64. The third-order valence-corrected chi connectivity index (χ3v) is 2.64. The highest BCUT2D eigenvalue weighted by Crippen LogP contribution is 2.06. The van der Waals surface area contributed by atoms with Crippen LogP contribution >= 0.6 is 0 Å². The van der Waals surface area contributed by atoms with Crippen LogP contribution in [0.4, 0.5) is 0 Å². The van der Waals surface area contributed by atoms with E-state index in [1.165, 1.54) is 32.1 Å². The average molecular weight is 250 g/mol. The Morgan fingerprint density at radius 1 is 0.889 bits per heavy atom. The molecule has 18 heavy (non-hydrogen) atoms. The molecular formula is C16H26O2. The molecule has 0 amide bonds. The second-order valence-corrected chi connectivity index (χ2v) is 4.35. The Balaban J connectivity index is 3.25. The van der Waals surface area contributed by atoms with Crippen molar-refractivity contribution in [2.24, 2.45) is 0 Å². The monoisotopic (exact) mass is 250 g/mol. The van der Waals surface area contributed by atoms with Gasteiger partial charge in [0.15, 0.2) is 0 Å². The maximum Gasteiger partial charge on any atom is 0.303 e. The standard InChI is InChI=1S/C16H26O2/c1-2-3-4-5-6-7-8-9-10-11-12-13-14-15-16(17)18/h2-3,10-13H,4-9,14-15H2,1H3,(H,17,18)/b3-2+,11-10+,13-12+. The maximum absolute atomic E-state index is 10.2. The first-order valence-corrected chi connectivity index (χ1v) is 6.92. The van der Waals surface area contributed by atoms with E-state index in [0.717, 1.165) is 6.42 Å². The lowest BCUT2D eigenvalue weighted by Gasteiger charge is -1.96. The zero-order chi connectivity index (χ0) is 13.5. The van der Waals surface area contributed by atoms with Crippen molar-refractivity contribution in [2.75, 3.05) is 0 Å². The van der Waals surface area contributed by atoms with E-state index in [0.29, 0.717) is 6.42 Å². The van der Waals surface area contributed by atoms with Gasteiger partial charge in [-0.05, 0) is 39.0 Å². The van der Waals surface area contributed by atoms with Gasteiger partial charge >= 0.3 is 5.97 Å². The molecule has 0 aliphatic heterocycles. The number of carboxylic acids is 1. The van der Waals surface area contributed by atoms with Gasteiger partial charge in [-0.2, -0.15) is 0 Å². The molecular weight excluding hydrogens is 224 g/mol. The lowest BCUT2D eigenvalue weighted by molar-refractivity contribution is -0.136. The zero-order valence-corrected chi connectivity index (χ0v) is 11.5. The molecule has 0 saturated heterocycles. The molecule has 0 saturated carbocycles. The van der Waals surface area contributed by atoms with Crippen LogP contribution in [0.15, 0.2) is 36.5 Å². The lowest BCUT2D eigenvalue weighted by atomic mass is 10.1. The van der Waals surface area contributed by atoms with Crippen LogP contribution in [0.25, 0.3) is 0 Å². The third kappa shape index (κ3) is 14.7. The second kappa shape index (κ2) is 13.8. The first-order valence-electron chi connectivity index (χ1n) is 6.92. The van der Waals surface area contributed by atoms with Crippen molar-refractivity contribution in [3.05, 3.63) is 36.5 Å². The first-order chi connectivity index (χ1) is 8.77. The molecule has 0 bridgehead atoms. The summed E-state index contributed by atoms with van der Waals surface area (Å²) in [7, 11) is 0. The molecule has 102 valence electrons. The average Bonchev–Trinajstić information content (AvgIpc) is 2.34. The van der Waals surface area contributed by atoms with Gasteiger partial charge < -0.3 is 5.11 Å². The second-order valence-electron chi connectivity index (χ2n) is 4.35. The summed E-state index contributed by atoms with van der Waals surface area (Å²) >= 11 is 0. The van der Waals surface area contributed by atoms with E-state index < -0.39 is 5.97 Å². The van der Waals surface area contributed by atoms with Gasteiger partial charge in [0.25, 0.3) is 0 Å². The molecule has 0 unspecified atom stereocenters. The van der Waals surface area contributed by atoms with Gasteiger partial charge in [-0.25, -0.2) is 0 Å². The van der Waals surface area contributed by atoms with Crippen LogP contribution in [-0.4, -0.2) is 11.1 Å². The van der Waals surface area contributed by atoms with Crippen molar-refractivity contribution in [3.63, 3.8) is 0 Å². The number of unbranched alkanes of at least 4 members (excludes halogenated alkanes) is 5. The summed E-state index contributed by atoms with van der Waals surface area (Å²) in [6.07, 6.45) is 20.7. The number of allylic oxidation sites excluding steroid dienone is 6. The fourth-order valence-electron chi connectivity index (χ4n) is 1.60. The molecule has 0 aromatic rings. The molecule has 0 radical (unpaired) electrons. The van der Waals surface area contributed by atoms with Gasteiger partial charge in [0.2, 0.25) is 0 Å². The molecule has 0 heterocycles. The Hall–Kier alpha value is -1.31. The van der Waals surface area contributed by atoms with Crippen molar-refractivity contribution in [1.29, 1.82) is 0 Å². The van der Waals surface area contributed by atoms with Crippen molar-refractivity contribution < 1.29 is 9.90 Å². The van der Waals surface area contributed by atoms with Gasteiger partial charge in [0.1, 0.15) is 0 Å². The van der Waals surface area contributed by atoms with Crippen molar-refractivity contribution in [3.8, 4) is 0 Å². The summed E-state index contributed by atoms with van der Waals surface area (Å²) in [6.45, 7) is 2.06. The molecule has 0 fully saturated rings. The summed E-state index contributed by atoms with van der Waals surface area (Å²) in [6, 6.07) is 0. The highest BCUT2D eigenvalue weighted by Gasteiger charge is 1.90. The van der Waals surface area contributed by atoms with E-state index in [-0.39, 0.29) is 6.42 Å². The Morgan fingerprint density at radius 3 is 2.00 bits per heavy atom. The minimum absolute atomic E-state index is 0.219. The summed E-state index contributed by atoms with van der Waals surface area (Å²) < 4.78 is 0. The molecule has 2 heteroatoms. The fourth-order valence-corrected chi connectivity index (χ4v) is 1.60. The number of hydrogen-bond acceptors (Lipinski definition) is 1. The predicted molar refractivity (Wildman–Crippen MR) is 77.7 cm³/mol. The highest BCUT2D eigenvalue weighted by molar-refractivity contribution is 5.66. The quantitative estimate of drug-likeness (QED) is 0.322. The topological polar surface area (TPSA) is 37.3 Å². The van der Waals surface area contributed by atoms with E-state index >= 15 is 0 Å². The number of aliphatic carboxylic acids is 1. The minimum Gasteiger partial charge on any atom is -0.481 e. The molecule has 0 rings (SSSR count). The summed E-state index contributed by atoms with van der Waals surface area (Å²) in [5.41, 5.74) is 0. The number of hydrogen-bond donors (Lipinski definition) is 1. The summed E-state index contributed by atoms with van der Waals surface area (Å²) in [5, 5.41) is 8.43. The zero-order valence-electron chi connectivity index (χ0n) is 11.5. The molecule has 0 aliphatic carbocycles. The van der Waals surface area contributed by atoms with Crippen LogP contribution in [0.2, 0.25) is 0 Å². The number of carbonyl (C=O) groups is 1. The van der Waals surface area contributed by atoms with E-state index in [1.54, 1.807) is 0 Å². The largest absolute Gasteiger partial charge is 0.481 e. The predicted octanol–water partition coefficient (Wildman–Crippen LogP) is 4.88. The van der Waals surface area contributed by atoms with E-state index in [4.69, 9.17) is 5.11 Å². The Bertz CT molecular complexity index is 275. The van der Waals surface area contributed by atoms with E-state index in [1.807, 2.05) is 18.2 Å². The Labute approximate surface area is 111 Å². The van der Waals surface area contributed by atoms with Crippen LogP contribution < -0.4 is 0 Å². The van der Waals surface area contributed by atoms with Gasteiger partial charge in [-0.15, -0.1) is 0 Å². The van der Waals surface area contributed by atoms with E-state index in [2.05, 4.69) is 25.2 Å². The molecule has 0 aromatic carbocycles. The first kappa shape index (κ1) is 16.7. The fraction of sp³-hybridized carbons (Fsp3) is 0.562. The Morgan fingerprint density at radius 2 is 1.44 bits per heavy atom. The lowest BCUT2D eigenvalue weighted by Crippen LogP contribution is -1.91. The molecule has 0 spiro atoms. The molecule has 0 atom stereocenters. The van der Waals surface area contributed by atoms with Crippen molar-refractivity contribution in [2.45, 2.75) is 58.3 Å². The number of rotatable bonds is 11. The Kier molecular flexibility index (Phi) is 12.8. The molecule has 0 aromatic heterocycles. The van der Waals surface area contributed by atoms with Crippen LogP contribution in [0.5, 0.6) is 0 Å². The van der Waals surface area contributed by atoms with Crippen molar-refractivity contribution in [1.82, 2.24) is 0 Å². The maximum atomic E-state index is 10.2. The van der Waals surface area contributed by atoms with Crippen LogP contribution in [0.1, 0.15) is 58.3 Å². The van der Waals surface area contributed by atoms with Crippen LogP contribution in [-0.2, 0) is 4.79 Å². The SMILES string of the molecule is C/C=C/CCCCCC/C=C/C=C/CCC(=O)O. The van der Waals surface area contributed by atoms with Gasteiger partial charge in [-0.3, -0.25) is 4.79 Å². The van der Waals surface area contributed by atoms with E-state index in [9.17, 15) is 4.79 Å². The summed E-state index contributed by atoms with van der Waals surface area (Å²) in [4.78, 5) is 10.2. The van der Waals surface area contributed by atoms with Gasteiger partial charge in [0.05, 0.1) is 0 Å². The van der Waals surface area contributed by atoms with Crippen molar-refractivity contribution >= 4 is 5.97 Å².